The number of aliphatic hydroxyl groups excluding tert-OH is 1. The smallest absolute Gasteiger partial charge is 0.252 e. The maximum absolute atomic E-state index is 12.3. The third-order valence-corrected chi connectivity index (χ3v) is 4.32. The van der Waals surface area contributed by atoms with Gasteiger partial charge >= 0.3 is 0 Å². The molecule has 0 amide bonds. The van der Waals surface area contributed by atoms with Gasteiger partial charge in [0.2, 0.25) is 10.0 Å². The molecule has 1 rings (SSSR count). The van der Waals surface area contributed by atoms with E-state index in [-0.39, 0.29) is 18.7 Å². The van der Waals surface area contributed by atoms with Gasteiger partial charge in [-0.2, -0.15) is 4.31 Å². The highest BCUT2D eigenvalue weighted by Crippen LogP contribution is 2.08. The van der Waals surface area contributed by atoms with E-state index >= 15 is 0 Å². The number of hydrogen-bond acceptors (Lipinski definition) is 4. The Morgan fingerprint density at radius 3 is 2.47 bits per heavy atom. The van der Waals surface area contributed by atoms with Gasteiger partial charge in [0.15, 0.2) is 0 Å². The lowest BCUT2D eigenvalue weighted by Gasteiger charge is -2.20. The van der Waals surface area contributed by atoms with E-state index in [0.717, 1.165) is 5.56 Å². The Bertz CT molecular complexity index is 468. The van der Waals surface area contributed by atoms with E-state index in [4.69, 9.17) is 5.11 Å². The summed E-state index contributed by atoms with van der Waals surface area (Å²) in [5.74, 6) is -0.274. The van der Waals surface area contributed by atoms with Crippen molar-refractivity contribution in [3.8, 4) is 0 Å². The fourth-order valence-corrected chi connectivity index (χ4v) is 2.99. The molecule has 8 heteroatoms. The largest absolute Gasteiger partial charge is 0.395 e. The molecule has 1 aromatic heterocycles. The summed E-state index contributed by atoms with van der Waals surface area (Å²) in [6, 6.07) is 3.33. The highest BCUT2D eigenvalue weighted by Gasteiger charge is 2.24. The van der Waals surface area contributed by atoms with Crippen molar-refractivity contribution in [3.05, 3.63) is 30.1 Å². The van der Waals surface area contributed by atoms with Gasteiger partial charge < -0.3 is 5.11 Å². The molecule has 0 saturated carbocycles. The number of rotatable bonds is 8. The number of nitrogens with zero attached hydrogens (tertiary/aromatic N) is 2. The van der Waals surface area contributed by atoms with Gasteiger partial charge in [-0.1, -0.05) is 0 Å². The molecule has 0 aliphatic carbocycles. The number of sulfonamides is 1. The first-order chi connectivity index (χ1) is 8.95. The van der Waals surface area contributed by atoms with Gasteiger partial charge in [-0.3, -0.25) is 4.98 Å². The van der Waals surface area contributed by atoms with Crippen molar-refractivity contribution in [2.75, 3.05) is 25.4 Å². The molecule has 0 aliphatic rings. The molecule has 0 saturated heterocycles. The van der Waals surface area contributed by atoms with Gasteiger partial charge in [-0.05, 0) is 24.1 Å². The summed E-state index contributed by atoms with van der Waals surface area (Å²) < 4.78 is 49.0. The number of hydrogen-bond donors (Lipinski definition) is 1. The second-order valence-corrected chi connectivity index (χ2v) is 5.98. The standard InChI is InChI=1S/C11H16F2N2O3S/c12-11(13)9-15(6-7-16)19(17,18)8-3-10-1-4-14-5-2-10/h1-2,4-5,11,16H,3,6-9H2. The van der Waals surface area contributed by atoms with E-state index in [9.17, 15) is 17.2 Å². The van der Waals surface area contributed by atoms with Crippen molar-refractivity contribution in [2.45, 2.75) is 12.8 Å². The van der Waals surface area contributed by atoms with Crippen LogP contribution in [0.25, 0.3) is 0 Å². The Kier molecular flexibility index (Phi) is 6.26. The lowest BCUT2D eigenvalue weighted by atomic mass is 10.2. The van der Waals surface area contributed by atoms with E-state index in [0.29, 0.717) is 4.31 Å². The van der Waals surface area contributed by atoms with Crippen LogP contribution < -0.4 is 0 Å². The lowest BCUT2D eigenvalue weighted by molar-refractivity contribution is 0.113. The predicted octanol–water partition coefficient (Wildman–Crippen LogP) is 0.513. The lowest BCUT2D eigenvalue weighted by Crippen LogP contribution is -2.39. The van der Waals surface area contributed by atoms with Gasteiger partial charge in [-0.25, -0.2) is 17.2 Å². The molecule has 0 unspecified atom stereocenters. The second-order valence-electron chi connectivity index (χ2n) is 3.89. The number of halogens is 2. The van der Waals surface area contributed by atoms with Crippen molar-refractivity contribution in [1.29, 1.82) is 0 Å². The van der Waals surface area contributed by atoms with Crippen LogP contribution >= 0.6 is 0 Å². The monoisotopic (exact) mass is 294 g/mol. The zero-order valence-corrected chi connectivity index (χ0v) is 11.1. The van der Waals surface area contributed by atoms with Crippen molar-refractivity contribution in [1.82, 2.24) is 9.29 Å². The number of aromatic nitrogens is 1. The molecule has 19 heavy (non-hydrogen) atoms. The van der Waals surface area contributed by atoms with Crippen LogP contribution in [0.4, 0.5) is 8.78 Å². The van der Waals surface area contributed by atoms with Crippen molar-refractivity contribution >= 4 is 10.0 Å². The minimum atomic E-state index is -3.80. The van der Waals surface area contributed by atoms with E-state index in [1.807, 2.05) is 0 Å². The number of aliphatic hydroxyl groups is 1. The summed E-state index contributed by atoms with van der Waals surface area (Å²) >= 11 is 0. The minimum Gasteiger partial charge on any atom is -0.395 e. The summed E-state index contributed by atoms with van der Waals surface area (Å²) in [6.07, 6.45) is 0.525. The number of pyridine rings is 1. The topological polar surface area (TPSA) is 70.5 Å². The average Bonchev–Trinajstić information content (AvgIpc) is 2.37. The molecule has 0 spiro atoms. The molecular weight excluding hydrogens is 278 g/mol. The molecule has 1 N–H and O–H groups in total. The number of alkyl halides is 2. The summed E-state index contributed by atoms with van der Waals surface area (Å²) in [5.41, 5.74) is 0.763. The third kappa shape index (κ3) is 5.58. The molecule has 0 aliphatic heterocycles. The highest BCUT2D eigenvalue weighted by atomic mass is 32.2. The highest BCUT2D eigenvalue weighted by molar-refractivity contribution is 7.89. The molecule has 0 fully saturated rings. The first kappa shape index (κ1) is 15.9. The van der Waals surface area contributed by atoms with Crippen LogP contribution in [-0.2, 0) is 16.4 Å². The third-order valence-electron chi connectivity index (χ3n) is 2.48. The van der Waals surface area contributed by atoms with E-state index in [1.54, 1.807) is 12.1 Å². The maximum Gasteiger partial charge on any atom is 0.252 e. The van der Waals surface area contributed by atoms with Crippen molar-refractivity contribution in [2.24, 2.45) is 0 Å². The molecule has 0 bridgehead atoms. The van der Waals surface area contributed by atoms with Crippen LogP contribution in [0, 0.1) is 0 Å². The Labute approximate surface area is 110 Å². The summed E-state index contributed by atoms with van der Waals surface area (Å²) in [4.78, 5) is 3.80. The molecule has 1 aromatic rings. The maximum atomic E-state index is 12.3. The Morgan fingerprint density at radius 2 is 1.95 bits per heavy atom. The van der Waals surface area contributed by atoms with Crippen LogP contribution in [0.1, 0.15) is 5.56 Å². The SMILES string of the molecule is O=S(=O)(CCc1ccncc1)N(CCO)CC(F)F. The fraction of sp³-hybridized carbons (Fsp3) is 0.545. The van der Waals surface area contributed by atoms with E-state index in [1.165, 1.54) is 12.4 Å². The van der Waals surface area contributed by atoms with Gasteiger partial charge in [-0.15, -0.1) is 0 Å². The molecule has 0 atom stereocenters. The van der Waals surface area contributed by atoms with Crippen LogP contribution in [0.2, 0.25) is 0 Å². The molecule has 5 nitrogen and oxygen atoms in total. The number of aryl methyl sites for hydroxylation is 1. The summed E-state index contributed by atoms with van der Waals surface area (Å²) in [7, 11) is -3.80. The zero-order chi connectivity index (χ0) is 14.3. The van der Waals surface area contributed by atoms with Gasteiger partial charge in [0, 0.05) is 18.9 Å². The minimum absolute atomic E-state index is 0.218. The van der Waals surface area contributed by atoms with Crippen LogP contribution in [0.5, 0.6) is 0 Å². The molecular formula is C11H16F2N2O3S. The molecule has 0 radical (unpaired) electrons. The van der Waals surface area contributed by atoms with Gasteiger partial charge in [0.05, 0.1) is 18.9 Å². The summed E-state index contributed by atoms with van der Waals surface area (Å²) in [6.45, 7) is -1.69. The molecule has 0 aromatic carbocycles. The first-order valence-corrected chi connectivity index (χ1v) is 7.32. The Morgan fingerprint density at radius 1 is 1.32 bits per heavy atom. The van der Waals surface area contributed by atoms with E-state index in [2.05, 4.69) is 4.98 Å². The molecule has 1 heterocycles. The van der Waals surface area contributed by atoms with Gasteiger partial charge in [0.1, 0.15) is 0 Å². The van der Waals surface area contributed by atoms with Crippen LogP contribution in [0.3, 0.4) is 0 Å². The summed E-state index contributed by atoms with van der Waals surface area (Å²) in [5, 5.41) is 8.74. The molecule has 108 valence electrons. The van der Waals surface area contributed by atoms with Crippen molar-refractivity contribution in [3.63, 3.8) is 0 Å². The quantitative estimate of drug-likeness (QED) is 0.758. The average molecular weight is 294 g/mol. The Hall–Kier alpha value is -1.12. The first-order valence-electron chi connectivity index (χ1n) is 5.71. The van der Waals surface area contributed by atoms with Crippen molar-refractivity contribution < 1.29 is 22.3 Å². The fourth-order valence-electron chi connectivity index (χ4n) is 1.53. The normalized spacial score (nSPS) is 12.3. The van der Waals surface area contributed by atoms with Crippen LogP contribution in [0.15, 0.2) is 24.5 Å². The van der Waals surface area contributed by atoms with Crippen LogP contribution in [-0.4, -0.2) is 54.7 Å². The zero-order valence-electron chi connectivity index (χ0n) is 10.2. The predicted molar refractivity (Wildman–Crippen MR) is 66.4 cm³/mol. The van der Waals surface area contributed by atoms with Gasteiger partial charge in [0.25, 0.3) is 6.43 Å². The van der Waals surface area contributed by atoms with E-state index < -0.39 is 29.6 Å². The second kappa shape index (κ2) is 7.46. The Balaban J connectivity index is 2.66.